The summed E-state index contributed by atoms with van der Waals surface area (Å²) in [5, 5.41) is 3.51. The van der Waals surface area contributed by atoms with Crippen LogP contribution in [-0.4, -0.2) is 12.1 Å². The lowest BCUT2D eigenvalue weighted by molar-refractivity contribution is 0.506. The van der Waals surface area contributed by atoms with E-state index in [1.807, 2.05) is 0 Å². The summed E-state index contributed by atoms with van der Waals surface area (Å²) in [6, 6.07) is 9.91. The van der Waals surface area contributed by atoms with E-state index in [4.69, 9.17) is 0 Å². The molecule has 1 heteroatoms. The maximum absolute atomic E-state index is 3.51. The topological polar surface area (TPSA) is 12.0 Å². The molecule has 1 heterocycles. The minimum absolute atomic E-state index is 0.491. The van der Waals surface area contributed by atoms with E-state index >= 15 is 0 Å². The van der Waals surface area contributed by atoms with Crippen molar-refractivity contribution in [3.63, 3.8) is 0 Å². The Morgan fingerprint density at radius 1 is 1.13 bits per heavy atom. The van der Waals surface area contributed by atoms with E-state index in [0.29, 0.717) is 12.1 Å². The van der Waals surface area contributed by atoms with Crippen molar-refractivity contribution < 1.29 is 0 Å². The molecule has 1 aliphatic heterocycles. The van der Waals surface area contributed by atoms with Crippen LogP contribution in [0.5, 0.6) is 0 Å². The molecular formula is C14H19N. The predicted molar refractivity (Wildman–Crippen MR) is 65.8 cm³/mol. The lowest BCUT2D eigenvalue weighted by atomic mass is 9.93. The van der Waals surface area contributed by atoms with Crippen molar-refractivity contribution in [2.24, 2.45) is 0 Å². The quantitative estimate of drug-likeness (QED) is 0.736. The van der Waals surface area contributed by atoms with Crippen molar-refractivity contribution >= 4 is 5.57 Å². The smallest absolute Gasteiger partial charge is 0.0230 e. The van der Waals surface area contributed by atoms with Gasteiger partial charge in [0.15, 0.2) is 0 Å². The summed E-state index contributed by atoms with van der Waals surface area (Å²) in [5.41, 5.74) is 4.18. The molecule has 0 radical (unpaired) electrons. The van der Waals surface area contributed by atoms with Gasteiger partial charge in [0.1, 0.15) is 0 Å². The molecule has 80 valence electrons. The number of hydrogen-bond acceptors (Lipinski definition) is 1. The van der Waals surface area contributed by atoms with Gasteiger partial charge in [-0.05, 0) is 38.3 Å². The third-order valence-electron chi connectivity index (χ3n) is 2.95. The molecule has 1 N–H and O–H groups in total. The standard InChI is InChI=1S/C14H19N/c1-10-4-6-13(7-5-10)14-8-11(2)15-12(3)9-14/h4-8,11-12,15H,9H2,1-3H3. The first kappa shape index (κ1) is 10.4. The molecule has 0 spiro atoms. The molecule has 0 amide bonds. The number of aryl methyl sites for hydroxylation is 1. The zero-order chi connectivity index (χ0) is 10.8. The van der Waals surface area contributed by atoms with Crippen molar-refractivity contribution in [3.8, 4) is 0 Å². The average Bonchev–Trinajstić information content (AvgIpc) is 2.17. The molecule has 1 aliphatic rings. The van der Waals surface area contributed by atoms with Crippen LogP contribution in [0.1, 0.15) is 31.4 Å². The van der Waals surface area contributed by atoms with Gasteiger partial charge in [-0.15, -0.1) is 0 Å². The molecule has 1 aromatic carbocycles. The van der Waals surface area contributed by atoms with E-state index < -0.39 is 0 Å². The zero-order valence-electron chi connectivity index (χ0n) is 9.75. The van der Waals surface area contributed by atoms with Gasteiger partial charge < -0.3 is 5.32 Å². The van der Waals surface area contributed by atoms with Gasteiger partial charge in [-0.25, -0.2) is 0 Å². The largest absolute Gasteiger partial charge is 0.308 e. The molecule has 0 saturated carbocycles. The first-order chi connectivity index (χ1) is 7.15. The summed E-state index contributed by atoms with van der Waals surface area (Å²) < 4.78 is 0. The maximum Gasteiger partial charge on any atom is 0.0230 e. The van der Waals surface area contributed by atoms with E-state index in [0.717, 1.165) is 6.42 Å². The van der Waals surface area contributed by atoms with Crippen LogP contribution in [-0.2, 0) is 0 Å². The van der Waals surface area contributed by atoms with E-state index in [1.54, 1.807) is 0 Å². The minimum atomic E-state index is 0.491. The third-order valence-corrected chi connectivity index (χ3v) is 2.95. The highest BCUT2D eigenvalue weighted by Gasteiger charge is 2.15. The van der Waals surface area contributed by atoms with E-state index in [1.165, 1.54) is 16.7 Å². The SMILES string of the molecule is Cc1ccc(C2=CC(C)NC(C)C2)cc1. The van der Waals surface area contributed by atoms with Gasteiger partial charge in [-0.1, -0.05) is 35.9 Å². The fraction of sp³-hybridized carbons (Fsp3) is 0.429. The zero-order valence-corrected chi connectivity index (χ0v) is 9.75. The first-order valence-corrected chi connectivity index (χ1v) is 5.69. The normalized spacial score (nSPS) is 26.2. The summed E-state index contributed by atoms with van der Waals surface area (Å²) in [5.74, 6) is 0. The number of rotatable bonds is 1. The van der Waals surface area contributed by atoms with Crippen molar-refractivity contribution in [2.75, 3.05) is 0 Å². The summed E-state index contributed by atoms with van der Waals surface area (Å²) in [7, 11) is 0. The van der Waals surface area contributed by atoms with Crippen molar-refractivity contribution in [3.05, 3.63) is 41.5 Å². The average molecular weight is 201 g/mol. The van der Waals surface area contributed by atoms with E-state index in [2.05, 4.69) is 56.4 Å². The summed E-state index contributed by atoms with van der Waals surface area (Å²) in [6.07, 6.45) is 3.47. The Bertz CT molecular complexity index is 361. The molecule has 2 rings (SSSR count). The second-order valence-electron chi connectivity index (χ2n) is 4.62. The van der Waals surface area contributed by atoms with Crippen LogP contribution in [0.4, 0.5) is 0 Å². The number of hydrogen-bond donors (Lipinski definition) is 1. The Kier molecular flexibility index (Phi) is 2.92. The van der Waals surface area contributed by atoms with Crippen LogP contribution in [0.15, 0.2) is 30.3 Å². The molecule has 0 fully saturated rings. The number of nitrogens with one attached hydrogen (secondary N) is 1. The molecule has 15 heavy (non-hydrogen) atoms. The van der Waals surface area contributed by atoms with Gasteiger partial charge in [-0.2, -0.15) is 0 Å². The molecule has 0 saturated heterocycles. The van der Waals surface area contributed by atoms with Crippen LogP contribution in [0.3, 0.4) is 0 Å². The third kappa shape index (κ3) is 2.48. The Balaban J connectivity index is 2.26. The Hall–Kier alpha value is -1.08. The summed E-state index contributed by atoms with van der Waals surface area (Å²) in [6.45, 7) is 6.59. The van der Waals surface area contributed by atoms with Gasteiger partial charge >= 0.3 is 0 Å². The van der Waals surface area contributed by atoms with Crippen LogP contribution in [0, 0.1) is 6.92 Å². The monoisotopic (exact) mass is 201 g/mol. The fourth-order valence-corrected chi connectivity index (χ4v) is 2.24. The van der Waals surface area contributed by atoms with Crippen molar-refractivity contribution in [1.82, 2.24) is 5.32 Å². The number of benzene rings is 1. The van der Waals surface area contributed by atoms with Crippen LogP contribution in [0.25, 0.3) is 5.57 Å². The highest BCUT2D eigenvalue weighted by atomic mass is 14.9. The highest BCUT2D eigenvalue weighted by Crippen LogP contribution is 2.24. The second-order valence-corrected chi connectivity index (χ2v) is 4.62. The Labute approximate surface area is 92.2 Å². The van der Waals surface area contributed by atoms with Crippen LogP contribution < -0.4 is 5.32 Å². The maximum atomic E-state index is 3.51. The van der Waals surface area contributed by atoms with Crippen LogP contribution >= 0.6 is 0 Å². The van der Waals surface area contributed by atoms with Gasteiger partial charge in [0.2, 0.25) is 0 Å². The first-order valence-electron chi connectivity index (χ1n) is 5.69. The summed E-state index contributed by atoms with van der Waals surface area (Å²) in [4.78, 5) is 0. The lowest BCUT2D eigenvalue weighted by Gasteiger charge is -2.26. The van der Waals surface area contributed by atoms with E-state index in [-0.39, 0.29) is 0 Å². The van der Waals surface area contributed by atoms with E-state index in [9.17, 15) is 0 Å². The van der Waals surface area contributed by atoms with Gasteiger partial charge in [-0.3, -0.25) is 0 Å². The Morgan fingerprint density at radius 3 is 2.40 bits per heavy atom. The van der Waals surface area contributed by atoms with Crippen LogP contribution in [0.2, 0.25) is 0 Å². The van der Waals surface area contributed by atoms with Gasteiger partial charge in [0.25, 0.3) is 0 Å². The Morgan fingerprint density at radius 2 is 1.80 bits per heavy atom. The molecule has 0 bridgehead atoms. The summed E-state index contributed by atoms with van der Waals surface area (Å²) >= 11 is 0. The fourth-order valence-electron chi connectivity index (χ4n) is 2.24. The van der Waals surface area contributed by atoms with Gasteiger partial charge in [0, 0.05) is 12.1 Å². The van der Waals surface area contributed by atoms with Crippen molar-refractivity contribution in [1.29, 1.82) is 0 Å². The predicted octanol–water partition coefficient (Wildman–Crippen LogP) is 3.15. The van der Waals surface area contributed by atoms with Crippen molar-refractivity contribution in [2.45, 2.75) is 39.3 Å². The molecule has 1 aromatic rings. The highest BCUT2D eigenvalue weighted by molar-refractivity contribution is 5.67. The molecule has 0 aromatic heterocycles. The van der Waals surface area contributed by atoms with Gasteiger partial charge in [0.05, 0.1) is 0 Å². The second kappa shape index (κ2) is 4.19. The minimum Gasteiger partial charge on any atom is -0.308 e. The molecular weight excluding hydrogens is 182 g/mol. The molecule has 0 aliphatic carbocycles. The molecule has 2 atom stereocenters. The lowest BCUT2D eigenvalue weighted by Crippen LogP contribution is -2.36. The molecule has 1 nitrogen and oxygen atoms in total. The molecule has 2 unspecified atom stereocenters.